The second-order valence-corrected chi connectivity index (χ2v) is 6.91. The molecule has 29 heavy (non-hydrogen) atoms. The molecule has 0 radical (unpaired) electrons. The Morgan fingerprint density at radius 1 is 1.21 bits per heavy atom. The maximum Gasteiger partial charge on any atom is 0.308 e. The minimum Gasteiger partial charge on any atom is -0.489 e. The average molecular weight is 416 g/mol. The van der Waals surface area contributed by atoms with E-state index in [1.54, 1.807) is 36.4 Å². The second-order valence-electron chi connectivity index (χ2n) is 6.50. The minimum absolute atomic E-state index is 0.00872. The van der Waals surface area contributed by atoms with Crippen molar-refractivity contribution in [2.75, 3.05) is 13.2 Å². The normalized spacial score (nSPS) is 13.1. The molecule has 0 spiro atoms. The van der Waals surface area contributed by atoms with Gasteiger partial charge in [-0.05, 0) is 29.8 Å². The zero-order valence-electron chi connectivity index (χ0n) is 15.5. The molecule has 1 aliphatic rings. The molecule has 0 bridgehead atoms. The van der Waals surface area contributed by atoms with Crippen molar-refractivity contribution in [2.45, 2.75) is 26.0 Å². The van der Waals surface area contributed by atoms with Gasteiger partial charge in [-0.15, -0.1) is 5.10 Å². The van der Waals surface area contributed by atoms with E-state index in [1.807, 2.05) is 0 Å². The summed E-state index contributed by atoms with van der Waals surface area (Å²) in [5, 5.41) is 8.72. The van der Waals surface area contributed by atoms with Crippen molar-refractivity contribution in [2.24, 2.45) is 0 Å². The van der Waals surface area contributed by atoms with Crippen molar-refractivity contribution in [1.29, 1.82) is 0 Å². The molecule has 150 valence electrons. The molecule has 0 amide bonds. The first-order chi connectivity index (χ1) is 14.1. The molecule has 0 saturated heterocycles. The van der Waals surface area contributed by atoms with Crippen LogP contribution < -0.4 is 15.0 Å². The molecular weight excluding hydrogens is 398 g/mol. The predicted octanol–water partition coefficient (Wildman–Crippen LogP) is 2.74. The zero-order valence-corrected chi connectivity index (χ0v) is 16.2. The van der Waals surface area contributed by atoms with E-state index in [-0.39, 0.29) is 25.1 Å². The third-order valence-corrected chi connectivity index (χ3v) is 4.70. The van der Waals surface area contributed by atoms with Gasteiger partial charge in [0, 0.05) is 6.42 Å². The molecule has 0 saturated carbocycles. The molecule has 0 unspecified atom stereocenters. The van der Waals surface area contributed by atoms with E-state index in [9.17, 15) is 9.59 Å². The number of benzene rings is 2. The first kappa shape index (κ1) is 19.2. The Bertz CT molecular complexity index is 1110. The summed E-state index contributed by atoms with van der Waals surface area (Å²) in [7, 11) is 0. The largest absolute Gasteiger partial charge is 0.489 e. The number of carbonyl (C=O) groups is 1. The maximum atomic E-state index is 12.4. The van der Waals surface area contributed by atoms with Crippen LogP contribution in [0.25, 0.3) is 10.9 Å². The summed E-state index contributed by atoms with van der Waals surface area (Å²) in [6, 6.07) is 10.4. The van der Waals surface area contributed by atoms with Crippen LogP contribution in [0.2, 0.25) is 5.02 Å². The smallest absolute Gasteiger partial charge is 0.308 e. The first-order valence-electron chi connectivity index (χ1n) is 9.18. The van der Waals surface area contributed by atoms with Gasteiger partial charge < -0.3 is 14.2 Å². The molecular formula is C20H18ClN3O5. The number of nitrogens with zero attached hydrogens (tertiary/aromatic N) is 3. The van der Waals surface area contributed by atoms with Crippen LogP contribution in [0.15, 0.2) is 41.2 Å². The Morgan fingerprint density at radius 2 is 2.03 bits per heavy atom. The minimum atomic E-state index is -0.463. The number of hydrogen-bond acceptors (Lipinski definition) is 7. The van der Waals surface area contributed by atoms with Crippen LogP contribution in [-0.4, -0.2) is 34.2 Å². The molecule has 1 aliphatic heterocycles. The fourth-order valence-electron chi connectivity index (χ4n) is 2.97. The Morgan fingerprint density at radius 3 is 2.93 bits per heavy atom. The van der Waals surface area contributed by atoms with Crippen LogP contribution >= 0.6 is 11.6 Å². The SMILES string of the molecule is O=C(CCn1nnc2ccccc2c1=O)OCc1cc(Cl)c2c(c1)OCCCO2. The van der Waals surface area contributed by atoms with Crippen molar-refractivity contribution < 1.29 is 19.0 Å². The van der Waals surface area contributed by atoms with Gasteiger partial charge in [0.1, 0.15) is 12.1 Å². The molecule has 0 aliphatic carbocycles. The molecule has 2 heterocycles. The topological polar surface area (TPSA) is 92.5 Å². The van der Waals surface area contributed by atoms with Gasteiger partial charge in [-0.2, -0.15) is 0 Å². The fraction of sp³-hybridized carbons (Fsp3) is 0.300. The lowest BCUT2D eigenvalue weighted by Crippen LogP contribution is -2.25. The maximum absolute atomic E-state index is 12.4. The molecule has 4 rings (SSSR count). The van der Waals surface area contributed by atoms with Crippen LogP contribution in [-0.2, 0) is 22.7 Å². The monoisotopic (exact) mass is 415 g/mol. The van der Waals surface area contributed by atoms with Gasteiger partial charge >= 0.3 is 5.97 Å². The van der Waals surface area contributed by atoms with Gasteiger partial charge in [-0.25, -0.2) is 4.68 Å². The van der Waals surface area contributed by atoms with Gasteiger partial charge in [0.25, 0.3) is 5.56 Å². The molecule has 3 aromatic rings. The van der Waals surface area contributed by atoms with Gasteiger partial charge in [0.05, 0.1) is 36.6 Å². The van der Waals surface area contributed by atoms with Gasteiger partial charge in [0.15, 0.2) is 11.5 Å². The number of carbonyl (C=O) groups excluding carboxylic acids is 1. The van der Waals surface area contributed by atoms with Crippen molar-refractivity contribution in [3.8, 4) is 11.5 Å². The van der Waals surface area contributed by atoms with E-state index in [0.717, 1.165) is 11.1 Å². The van der Waals surface area contributed by atoms with Crippen molar-refractivity contribution in [3.05, 3.63) is 57.3 Å². The van der Waals surface area contributed by atoms with E-state index in [2.05, 4.69) is 10.3 Å². The van der Waals surface area contributed by atoms with Crippen LogP contribution in [0.5, 0.6) is 11.5 Å². The highest BCUT2D eigenvalue weighted by Gasteiger charge is 2.16. The highest BCUT2D eigenvalue weighted by atomic mass is 35.5. The average Bonchev–Trinajstić information content (AvgIpc) is 2.98. The lowest BCUT2D eigenvalue weighted by molar-refractivity contribution is -0.145. The predicted molar refractivity (Wildman–Crippen MR) is 105 cm³/mol. The highest BCUT2D eigenvalue weighted by molar-refractivity contribution is 6.32. The van der Waals surface area contributed by atoms with E-state index in [0.29, 0.717) is 46.2 Å². The van der Waals surface area contributed by atoms with Crippen molar-refractivity contribution in [3.63, 3.8) is 0 Å². The lowest BCUT2D eigenvalue weighted by atomic mass is 10.2. The quantitative estimate of drug-likeness (QED) is 0.591. The summed E-state index contributed by atoms with van der Waals surface area (Å²) < 4.78 is 17.7. The summed E-state index contributed by atoms with van der Waals surface area (Å²) in [5.74, 6) is 0.586. The summed E-state index contributed by atoms with van der Waals surface area (Å²) >= 11 is 6.24. The number of ether oxygens (including phenoxy) is 3. The van der Waals surface area contributed by atoms with Gasteiger partial charge in [-0.3, -0.25) is 9.59 Å². The summed E-state index contributed by atoms with van der Waals surface area (Å²) in [4.78, 5) is 24.5. The Kier molecular flexibility index (Phi) is 5.62. The highest BCUT2D eigenvalue weighted by Crippen LogP contribution is 2.38. The van der Waals surface area contributed by atoms with E-state index in [1.165, 1.54) is 0 Å². The third kappa shape index (κ3) is 4.32. The molecule has 1 aromatic heterocycles. The fourth-order valence-corrected chi connectivity index (χ4v) is 3.26. The zero-order chi connectivity index (χ0) is 20.2. The number of hydrogen-bond donors (Lipinski definition) is 0. The Balaban J connectivity index is 1.37. The summed E-state index contributed by atoms with van der Waals surface area (Å²) in [6.07, 6.45) is 0.761. The molecule has 9 heteroatoms. The summed E-state index contributed by atoms with van der Waals surface area (Å²) in [6.45, 7) is 1.19. The number of aromatic nitrogens is 3. The number of esters is 1. The molecule has 0 N–H and O–H groups in total. The number of fused-ring (bicyclic) bond motifs is 2. The van der Waals surface area contributed by atoms with E-state index < -0.39 is 5.97 Å². The number of rotatable bonds is 5. The van der Waals surface area contributed by atoms with Crippen LogP contribution in [0.4, 0.5) is 0 Å². The molecule has 0 fully saturated rings. The standard InChI is InChI=1S/C20H18ClN3O5/c21-15-10-13(11-17-19(15)28-9-3-8-27-17)12-29-18(25)6-7-24-20(26)14-4-1-2-5-16(14)22-23-24/h1-2,4-5,10-11H,3,6-9,12H2. The Hall–Kier alpha value is -3.13. The Labute approximate surface area is 170 Å². The molecule has 0 atom stereocenters. The third-order valence-electron chi connectivity index (χ3n) is 4.42. The van der Waals surface area contributed by atoms with Crippen LogP contribution in [0.1, 0.15) is 18.4 Å². The van der Waals surface area contributed by atoms with E-state index >= 15 is 0 Å². The molecule has 8 nitrogen and oxygen atoms in total. The van der Waals surface area contributed by atoms with Crippen molar-refractivity contribution >= 4 is 28.5 Å². The van der Waals surface area contributed by atoms with Gasteiger partial charge in [0.2, 0.25) is 0 Å². The van der Waals surface area contributed by atoms with Crippen LogP contribution in [0.3, 0.4) is 0 Å². The van der Waals surface area contributed by atoms with Crippen LogP contribution in [0, 0.1) is 0 Å². The van der Waals surface area contributed by atoms with E-state index in [4.69, 9.17) is 25.8 Å². The number of halogens is 1. The summed E-state index contributed by atoms with van der Waals surface area (Å²) in [5.41, 5.74) is 0.913. The number of aryl methyl sites for hydroxylation is 1. The first-order valence-corrected chi connectivity index (χ1v) is 9.56. The molecule has 2 aromatic carbocycles. The second kappa shape index (κ2) is 8.48. The lowest BCUT2D eigenvalue weighted by Gasteiger charge is -2.12. The van der Waals surface area contributed by atoms with Gasteiger partial charge in [-0.1, -0.05) is 28.9 Å². The van der Waals surface area contributed by atoms with Crippen molar-refractivity contribution in [1.82, 2.24) is 15.0 Å².